The Morgan fingerprint density at radius 2 is 2.30 bits per heavy atom. The minimum atomic E-state index is -0.151. The summed E-state index contributed by atoms with van der Waals surface area (Å²) in [6, 6.07) is 2.12. The van der Waals surface area contributed by atoms with Gasteiger partial charge in [0.1, 0.15) is 0 Å². The van der Waals surface area contributed by atoms with Crippen LogP contribution in [0.2, 0.25) is 0 Å². The van der Waals surface area contributed by atoms with Crippen LogP contribution in [0.15, 0.2) is 23.8 Å². The molecule has 1 aliphatic rings. The van der Waals surface area contributed by atoms with Crippen molar-refractivity contribution in [2.45, 2.75) is 25.7 Å². The zero-order valence-electron chi connectivity index (χ0n) is 12.1. The van der Waals surface area contributed by atoms with Gasteiger partial charge < -0.3 is 5.73 Å². The monoisotopic (exact) mass is 460 g/mol. The number of nitrogens with zero attached hydrogens (tertiary/aromatic N) is 3. The highest BCUT2D eigenvalue weighted by molar-refractivity contribution is 9.12. The number of rotatable bonds is 2. The highest BCUT2D eigenvalue weighted by Gasteiger charge is 2.30. The third kappa shape index (κ3) is 3.35. The molecule has 1 unspecified atom stereocenters. The van der Waals surface area contributed by atoms with E-state index in [1.807, 2.05) is 6.92 Å². The van der Waals surface area contributed by atoms with Crippen LogP contribution in [0.1, 0.15) is 34.9 Å². The Kier molecular flexibility index (Phi) is 4.85. The maximum atomic E-state index is 8.74. The number of nitrogens with two attached hydrogens (primary N) is 1. The van der Waals surface area contributed by atoms with E-state index in [-0.39, 0.29) is 11.9 Å². The standard InChI is InChI=1S/C13H14Br2N6OS/c1-5-11-8(18-17-5)2-6(7-4-10(14)23-12(7)15)3-9(11)19-20-13(16)21-22/h4,6,22H,2-3H2,1H3,(H,17,18)(H3,16,20,21)/b19-9-. The maximum absolute atomic E-state index is 8.74. The highest BCUT2D eigenvalue weighted by Crippen LogP contribution is 2.41. The van der Waals surface area contributed by atoms with Crippen LogP contribution in [-0.2, 0) is 6.42 Å². The van der Waals surface area contributed by atoms with Gasteiger partial charge in [0.2, 0.25) is 5.96 Å². The van der Waals surface area contributed by atoms with E-state index in [2.05, 4.69) is 58.3 Å². The Balaban J connectivity index is 2.02. The molecular weight excluding hydrogens is 448 g/mol. The fraction of sp³-hybridized carbons (Fsp3) is 0.308. The molecule has 0 bridgehead atoms. The minimum Gasteiger partial charge on any atom is -0.367 e. The Morgan fingerprint density at radius 1 is 1.52 bits per heavy atom. The summed E-state index contributed by atoms with van der Waals surface area (Å²) in [5.41, 5.74) is 12.2. The van der Waals surface area contributed by atoms with Gasteiger partial charge in [-0.05, 0) is 69.2 Å². The van der Waals surface area contributed by atoms with Crippen molar-refractivity contribution < 1.29 is 5.21 Å². The smallest absolute Gasteiger partial charge is 0.237 e. The normalized spacial score (nSPS) is 19.9. The lowest BCUT2D eigenvalue weighted by Crippen LogP contribution is -2.28. The topological polar surface area (TPSA) is 112 Å². The first-order valence-electron chi connectivity index (χ1n) is 6.78. The van der Waals surface area contributed by atoms with Crippen LogP contribution in [0.3, 0.4) is 0 Å². The van der Waals surface area contributed by atoms with Crippen molar-refractivity contribution in [3.8, 4) is 0 Å². The molecule has 0 aromatic carbocycles. The number of hydrogen-bond acceptors (Lipinski definition) is 5. The van der Waals surface area contributed by atoms with E-state index < -0.39 is 0 Å². The molecule has 0 saturated heterocycles. The quantitative estimate of drug-likeness (QED) is 0.312. The number of aromatic amines is 1. The summed E-state index contributed by atoms with van der Waals surface area (Å²) in [6.07, 6.45) is 1.55. The van der Waals surface area contributed by atoms with Gasteiger partial charge >= 0.3 is 0 Å². The first-order valence-corrected chi connectivity index (χ1v) is 9.19. The first kappa shape index (κ1) is 16.6. The molecule has 0 amide bonds. The molecule has 10 heteroatoms. The summed E-state index contributed by atoms with van der Waals surface area (Å²) in [6.45, 7) is 1.95. The van der Waals surface area contributed by atoms with Crippen molar-refractivity contribution in [1.82, 2.24) is 15.7 Å². The predicted octanol–water partition coefficient (Wildman–Crippen LogP) is 3.03. The molecule has 122 valence electrons. The summed E-state index contributed by atoms with van der Waals surface area (Å²) in [4.78, 5) is 0. The molecule has 7 nitrogen and oxygen atoms in total. The first-order chi connectivity index (χ1) is 11.0. The van der Waals surface area contributed by atoms with Crippen LogP contribution in [0, 0.1) is 6.92 Å². The predicted molar refractivity (Wildman–Crippen MR) is 97.2 cm³/mol. The van der Waals surface area contributed by atoms with Crippen molar-refractivity contribution >= 4 is 54.9 Å². The third-order valence-corrected chi connectivity index (χ3v) is 6.09. The molecule has 5 N–H and O–H groups in total. The summed E-state index contributed by atoms with van der Waals surface area (Å²) in [5, 5.41) is 24.2. The van der Waals surface area contributed by atoms with Gasteiger partial charge in [0.15, 0.2) is 0 Å². The van der Waals surface area contributed by atoms with Crippen molar-refractivity contribution in [2.24, 2.45) is 15.9 Å². The zero-order chi connectivity index (χ0) is 16.6. The maximum Gasteiger partial charge on any atom is 0.237 e. The Bertz CT molecular complexity index is 796. The van der Waals surface area contributed by atoms with Gasteiger partial charge in [-0.3, -0.25) is 10.3 Å². The van der Waals surface area contributed by atoms with Gasteiger partial charge in [-0.1, -0.05) is 0 Å². The van der Waals surface area contributed by atoms with Crippen LogP contribution in [0.25, 0.3) is 0 Å². The second-order valence-corrected chi connectivity index (χ2v) is 8.95. The van der Waals surface area contributed by atoms with Gasteiger partial charge in [-0.2, -0.15) is 10.2 Å². The van der Waals surface area contributed by atoms with Crippen molar-refractivity contribution in [3.05, 3.63) is 36.2 Å². The number of H-pyrrole nitrogens is 1. The molecular formula is C13H14Br2N6OS. The molecule has 2 aromatic heterocycles. The van der Waals surface area contributed by atoms with E-state index in [0.717, 1.165) is 43.1 Å². The number of thiophene rings is 1. The van der Waals surface area contributed by atoms with Crippen molar-refractivity contribution in [2.75, 3.05) is 0 Å². The number of halogens is 2. The van der Waals surface area contributed by atoms with Gasteiger partial charge in [-0.15, -0.1) is 16.4 Å². The molecule has 0 radical (unpaired) electrons. The average molecular weight is 462 g/mol. The van der Waals surface area contributed by atoms with E-state index in [0.29, 0.717) is 0 Å². The van der Waals surface area contributed by atoms with Gasteiger partial charge in [0.25, 0.3) is 0 Å². The summed E-state index contributed by atoms with van der Waals surface area (Å²) in [7, 11) is 0. The number of guanidine groups is 1. The van der Waals surface area contributed by atoms with Crippen molar-refractivity contribution in [1.29, 1.82) is 0 Å². The van der Waals surface area contributed by atoms with E-state index in [4.69, 9.17) is 10.9 Å². The lowest BCUT2D eigenvalue weighted by Gasteiger charge is -2.22. The van der Waals surface area contributed by atoms with Crippen LogP contribution in [0.4, 0.5) is 0 Å². The van der Waals surface area contributed by atoms with Gasteiger partial charge in [-0.25, -0.2) is 5.48 Å². The SMILES string of the molecule is Cc1[nH]nc2c1/C(=N\N=C(N)NO)CC(c1cc(Br)sc1Br)C2. The number of nitrogens with one attached hydrogen (secondary N) is 2. The lowest BCUT2D eigenvalue weighted by atomic mass is 9.82. The second-order valence-electron chi connectivity index (χ2n) is 5.20. The Morgan fingerprint density at radius 3 is 2.96 bits per heavy atom. The average Bonchev–Trinajstić information content (AvgIpc) is 3.06. The summed E-state index contributed by atoms with van der Waals surface area (Å²) >= 11 is 8.79. The molecule has 0 aliphatic heterocycles. The fourth-order valence-corrected chi connectivity index (χ4v) is 5.78. The molecule has 2 aromatic rings. The van der Waals surface area contributed by atoms with Crippen LogP contribution in [-0.4, -0.2) is 27.1 Å². The van der Waals surface area contributed by atoms with Crippen LogP contribution < -0.4 is 11.2 Å². The lowest BCUT2D eigenvalue weighted by molar-refractivity contribution is 0.232. The highest BCUT2D eigenvalue weighted by atomic mass is 79.9. The molecule has 0 saturated carbocycles. The molecule has 2 heterocycles. The number of aromatic nitrogens is 2. The van der Waals surface area contributed by atoms with E-state index in [9.17, 15) is 0 Å². The van der Waals surface area contributed by atoms with E-state index >= 15 is 0 Å². The van der Waals surface area contributed by atoms with E-state index in [1.54, 1.807) is 16.8 Å². The zero-order valence-corrected chi connectivity index (χ0v) is 16.1. The van der Waals surface area contributed by atoms with Crippen LogP contribution in [0.5, 0.6) is 0 Å². The number of aryl methyl sites for hydroxylation is 1. The number of hydroxylamine groups is 1. The number of hydrogen-bond donors (Lipinski definition) is 4. The van der Waals surface area contributed by atoms with Crippen molar-refractivity contribution in [3.63, 3.8) is 0 Å². The third-order valence-electron chi connectivity index (χ3n) is 3.71. The second kappa shape index (κ2) is 6.71. The van der Waals surface area contributed by atoms with Crippen LogP contribution >= 0.6 is 43.2 Å². The molecule has 23 heavy (non-hydrogen) atoms. The molecule has 0 spiro atoms. The summed E-state index contributed by atoms with van der Waals surface area (Å²) < 4.78 is 2.18. The molecule has 0 fully saturated rings. The molecule has 3 rings (SSSR count). The largest absolute Gasteiger partial charge is 0.367 e. The summed E-state index contributed by atoms with van der Waals surface area (Å²) in [5.74, 6) is 0.0983. The molecule has 1 atom stereocenters. The Hall–Kier alpha value is -1.23. The minimum absolute atomic E-state index is 0.151. The molecule has 1 aliphatic carbocycles. The fourth-order valence-electron chi connectivity index (χ4n) is 2.73. The Labute approximate surface area is 153 Å². The van der Waals surface area contributed by atoms with Gasteiger partial charge in [0, 0.05) is 11.3 Å². The number of fused-ring (bicyclic) bond motifs is 1. The van der Waals surface area contributed by atoms with Gasteiger partial charge in [0.05, 0.1) is 19.0 Å². The van der Waals surface area contributed by atoms with E-state index in [1.165, 1.54) is 5.56 Å².